The van der Waals surface area contributed by atoms with Crippen molar-refractivity contribution in [1.82, 2.24) is 10.3 Å². The number of nitrogens with one attached hydrogen (secondary N) is 2. The summed E-state index contributed by atoms with van der Waals surface area (Å²) in [7, 11) is 0. The first-order chi connectivity index (χ1) is 14.5. The van der Waals surface area contributed by atoms with Crippen molar-refractivity contribution in [1.29, 1.82) is 0 Å². The van der Waals surface area contributed by atoms with Crippen molar-refractivity contribution < 1.29 is 4.79 Å². The highest BCUT2D eigenvalue weighted by Gasteiger charge is 2.40. The summed E-state index contributed by atoms with van der Waals surface area (Å²) < 4.78 is 0. The zero-order valence-corrected chi connectivity index (χ0v) is 17.7. The molecule has 0 spiro atoms. The molecule has 0 saturated carbocycles. The number of ketones is 1. The Morgan fingerprint density at radius 3 is 2.63 bits per heavy atom. The minimum Gasteiger partial charge on any atom is -0.369 e. The maximum atomic E-state index is 13.7. The van der Waals surface area contributed by atoms with Crippen molar-refractivity contribution in [3.05, 3.63) is 69.7 Å². The summed E-state index contributed by atoms with van der Waals surface area (Å²) in [4.78, 5) is 23.2. The molecule has 30 heavy (non-hydrogen) atoms. The Morgan fingerprint density at radius 1 is 1.17 bits per heavy atom. The van der Waals surface area contributed by atoms with Gasteiger partial charge in [0.25, 0.3) is 0 Å². The first-order valence-electron chi connectivity index (χ1n) is 10.7. The highest BCUT2D eigenvalue weighted by Crippen LogP contribution is 2.46. The summed E-state index contributed by atoms with van der Waals surface area (Å²) in [5.74, 6) is 0.0858. The monoisotopic (exact) mass is 398 g/mol. The van der Waals surface area contributed by atoms with Crippen LogP contribution in [0, 0.1) is 6.57 Å². The number of aromatic nitrogens is 1. The third kappa shape index (κ3) is 2.60. The van der Waals surface area contributed by atoms with Crippen LogP contribution in [0.15, 0.2) is 30.3 Å². The van der Waals surface area contributed by atoms with E-state index in [1.165, 1.54) is 11.3 Å². The van der Waals surface area contributed by atoms with Crippen LogP contribution in [0.1, 0.15) is 53.5 Å². The summed E-state index contributed by atoms with van der Waals surface area (Å²) in [5, 5.41) is 4.33. The minimum absolute atomic E-state index is 0.0858. The Hall–Kier alpha value is -3.10. The summed E-state index contributed by atoms with van der Waals surface area (Å²) in [6.07, 6.45) is 0.898. The van der Waals surface area contributed by atoms with Gasteiger partial charge in [-0.15, -0.1) is 0 Å². The third-order valence-electron chi connectivity index (χ3n) is 6.74. The van der Waals surface area contributed by atoms with Gasteiger partial charge in [0.05, 0.1) is 12.1 Å². The van der Waals surface area contributed by atoms with E-state index >= 15 is 0 Å². The molecule has 5 rings (SSSR count). The number of fused-ring (bicyclic) bond motifs is 4. The van der Waals surface area contributed by atoms with E-state index in [-0.39, 0.29) is 11.2 Å². The number of anilines is 1. The summed E-state index contributed by atoms with van der Waals surface area (Å²) in [5.41, 5.74) is 7.22. The molecule has 1 fully saturated rings. The molecule has 3 aromatic rings. The number of H-pyrrole nitrogens is 1. The fourth-order valence-electron chi connectivity index (χ4n) is 5.05. The smallest absolute Gasteiger partial charge is 0.195 e. The quantitative estimate of drug-likeness (QED) is 0.622. The maximum Gasteiger partial charge on any atom is 0.195 e. The number of carbonyl (C=O) groups excluding carboxylic acids is 1. The molecule has 1 saturated heterocycles. The fourth-order valence-corrected chi connectivity index (χ4v) is 5.05. The zero-order valence-electron chi connectivity index (χ0n) is 17.7. The van der Waals surface area contributed by atoms with Crippen molar-refractivity contribution in [3.8, 4) is 0 Å². The molecule has 2 aliphatic rings. The lowest BCUT2D eigenvalue weighted by Crippen LogP contribution is -2.44. The molecule has 0 bridgehead atoms. The van der Waals surface area contributed by atoms with Crippen LogP contribution < -0.4 is 10.2 Å². The number of piperazine rings is 1. The third-order valence-corrected chi connectivity index (χ3v) is 6.74. The number of rotatable bonds is 2. The Balaban J connectivity index is 1.73. The first kappa shape index (κ1) is 18.9. The normalized spacial score (nSPS) is 17.5. The minimum atomic E-state index is -0.328. The van der Waals surface area contributed by atoms with Crippen LogP contribution in [0.4, 0.5) is 11.4 Å². The topological polar surface area (TPSA) is 52.5 Å². The molecule has 152 valence electrons. The van der Waals surface area contributed by atoms with E-state index in [1.54, 1.807) is 6.07 Å². The van der Waals surface area contributed by atoms with E-state index in [1.807, 2.05) is 12.1 Å². The molecule has 1 aliphatic carbocycles. The highest BCUT2D eigenvalue weighted by molar-refractivity contribution is 6.20. The van der Waals surface area contributed by atoms with Crippen molar-refractivity contribution >= 4 is 28.1 Å². The van der Waals surface area contributed by atoms with Gasteiger partial charge >= 0.3 is 0 Å². The summed E-state index contributed by atoms with van der Waals surface area (Å²) >= 11 is 0. The summed E-state index contributed by atoms with van der Waals surface area (Å²) in [6.45, 7) is 17.8. The van der Waals surface area contributed by atoms with E-state index in [2.05, 4.69) is 52.9 Å². The number of aryl methyl sites for hydroxylation is 1. The SMILES string of the molecule is [C-]#[N+]c1ccc2c3c([nH]c2c1)C(C)(C)c1cc(N2CCNCC2)c(CC)cc1C3=O. The number of hydrogen-bond donors (Lipinski definition) is 2. The van der Waals surface area contributed by atoms with Gasteiger partial charge in [0.15, 0.2) is 11.5 Å². The first-order valence-corrected chi connectivity index (χ1v) is 10.7. The van der Waals surface area contributed by atoms with Crippen LogP contribution >= 0.6 is 0 Å². The largest absolute Gasteiger partial charge is 0.369 e. The molecule has 1 aromatic heterocycles. The van der Waals surface area contributed by atoms with Crippen LogP contribution in [0.2, 0.25) is 0 Å². The van der Waals surface area contributed by atoms with Gasteiger partial charge in [0, 0.05) is 59.4 Å². The van der Waals surface area contributed by atoms with E-state index in [0.717, 1.165) is 65.9 Å². The van der Waals surface area contributed by atoms with Crippen LogP contribution in [-0.4, -0.2) is 36.9 Å². The predicted octanol–water partition coefficient (Wildman–Crippen LogP) is 4.56. The van der Waals surface area contributed by atoms with E-state index in [0.29, 0.717) is 5.69 Å². The van der Waals surface area contributed by atoms with Crippen LogP contribution in [-0.2, 0) is 11.8 Å². The molecular formula is C25H26N4O. The van der Waals surface area contributed by atoms with Crippen molar-refractivity contribution in [2.24, 2.45) is 0 Å². The second kappa shape index (κ2) is 6.72. The maximum absolute atomic E-state index is 13.7. The van der Waals surface area contributed by atoms with Crippen molar-refractivity contribution in [3.63, 3.8) is 0 Å². The molecule has 0 radical (unpaired) electrons. The van der Waals surface area contributed by atoms with Gasteiger partial charge in [0.1, 0.15) is 0 Å². The molecule has 5 nitrogen and oxygen atoms in total. The molecule has 0 atom stereocenters. The van der Waals surface area contributed by atoms with Gasteiger partial charge in [-0.05, 0) is 35.7 Å². The Labute approximate surface area is 176 Å². The summed E-state index contributed by atoms with van der Waals surface area (Å²) in [6, 6.07) is 9.94. The molecule has 5 heteroatoms. The number of nitrogens with zero attached hydrogens (tertiary/aromatic N) is 2. The number of carbonyl (C=O) groups is 1. The molecule has 1 aliphatic heterocycles. The zero-order chi connectivity index (χ0) is 21.0. The van der Waals surface area contributed by atoms with Crippen molar-refractivity contribution in [2.75, 3.05) is 31.1 Å². The Kier molecular flexibility index (Phi) is 4.23. The van der Waals surface area contributed by atoms with Crippen LogP contribution in [0.3, 0.4) is 0 Å². The molecule has 0 unspecified atom stereocenters. The molecule has 0 amide bonds. The van der Waals surface area contributed by atoms with Gasteiger partial charge in [-0.25, -0.2) is 4.85 Å². The van der Waals surface area contributed by atoms with Crippen LogP contribution in [0.25, 0.3) is 15.7 Å². The van der Waals surface area contributed by atoms with Crippen molar-refractivity contribution in [2.45, 2.75) is 32.6 Å². The highest BCUT2D eigenvalue weighted by atomic mass is 16.1. The van der Waals surface area contributed by atoms with E-state index in [4.69, 9.17) is 6.57 Å². The second-order valence-electron chi connectivity index (χ2n) is 8.79. The van der Waals surface area contributed by atoms with Gasteiger partial charge in [-0.1, -0.05) is 32.9 Å². The standard InChI is InChI=1S/C25H26N4O/c1-5-15-12-18-19(14-21(15)29-10-8-27-9-11-29)25(2,3)24-22(23(18)30)17-7-6-16(26-4)13-20(17)28-24/h6-7,12-14,27-28H,5,8-11H2,1-3H3. The lowest BCUT2D eigenvalue weighted by molar-refractivity contribution is 0.103. The lowest BCUT2D eigenvalue weighted by atomic mass is 9.70. The molecular weight excluding hydrogens is 372 g/mol. The molecule has 2 N–H and O–H groups in total. The number of benzene rings is 2. The van der Waals surface area contributed by atoms with Gasteiger partial charge in [0.2, 0.25) is 0 Å². The van der Waals surface area contributed by atoms with Gasteiger partial charge in [-0.3, -0.25) is 4.79 Å². The Morgan fingerprint density at radius 2 is 1.93 bits per heavy atom. The Bertz CT molecular complexity index is 1220. The lowest BCUT2D eigenvalue weighted by Gasteiger charge is -2.36. The van der Waals surface area contributed by atoms with E-state index < -0.39 is 0 Å². The number of hydrogen-bond acceptors (Lipinski definition) is 3. The molecule has 2 aromatic carbocycles. The van der Waals surface area contributed by atoms with Gasteiger partial charge in [-0.2, -0.15) is 0 Å². The second-order valence-corrected chi connectivity index (χ2v) is 8.79. The van der Waals surface area contributed by atoms with Crippen LogP contribution in [0.5, 0.6) is 0 Å². The molecule has 2 heterocycles. The number of aromatic amines is 1. The van der Waals surface area contributed by atoms with Gasteiger partial charge < -0.3 is 15.2 Å². The predicted molar refractivity (Wildman–Crippen MR) is 121 cm³/mol. The average Bonchev–Trinajstić information content (AvgIpc) is 3.17. The fraction of sp³-hybridized carbons (Fsp3) is 0.360. The van der Waals surface area contributed by atoms with E-state index in [9.17, 15) is 4.79 Å². The average molecular weight is 399 g/mol.